The Morgan fingerprint density at radius 2 is 2.21 bits per heavy atom. The molecule has 0 aliphatic heterocycles. The Kier molecular flexibility index (Phi) is 2.90. The summed E-state index contributed by atoms with van der Waals surface area (Å²) in [6, 6.07) is 3.48. The Labute approximate surface area is 101 Å². The van der Waals surface area contributed by atoms with Gasteiger partial charge in [0.2, 0.25) is 5.78 Å². The maximum Gasteiger partial charge on any atom is 0.239 e. The first-order valence-corrected chi connectivity index (χ1v) is 6.17. The molecule has 0 N–H and O–H groups in total. The second kappa shape index (κ2) is 4.00. The van der Waals surface area contributed by atoms with Crippen molar-refractivity contribution in [3.05, 3.63) is 43.4 Å². The number of halogens is 2. The summed E-state index contributed by atoms with van der Waals surface area (Å²) in [5, 5.41) is 1.87. The molecule has 5 heteroatoms. The molecule has 0 saturated heterocycles. The van der Waals surface area contributed by atoms with Crippen LogP contribution in [0.5, 0.6) is 0 Å². The molecule has 0 saturated carbocycles. The van der Waals surface area contributed by atoms with Gasteiger partial charge in [-0.3, -0.25) is 4.79 Å². The first-order chi connectivity index (χ1) is 6.68. The van der Waals surface area contributed by atoms with Crippen LogP contribution in [0.4, 0.5) is 0 Å². The number of rotatable bonds is 2. The highest BCUT2D eigenvalue weighted by molar-refractivity contribution is 9.10. The van der Waals surface area contributed by atoms with Gasteiger partial charge >= 0.3 is 0 Å². The van der Waals surface area contributed by atoms with Crippen molar-refractivity contribution in [2.75, 3.05) is 0 Å². The number of thiophene rings is 1. The molecule has 2 aromatic heterocycles. The van der Waals surface area contributed by atoms with Crippen molar-refractivity contribution in [2.45, 2.75) is 0 Å². The Morgan fingerprint density at radius 1 is 1.43 bits per heavy atom. The van der Waals surface area contributed by atoms with Crippen LogP contribution in [0.15, 0.2) is 37.1 Å². The summed E-state index contributed by atoms with van der Waals surface area (Å²) in [6.45, 7) is 0. The van der Waals surface area contributed by atoms with E-state index in [1.165, 1.54) is 17.6 Å². The van der Waals surface area contributed by atoms with Crippen LogP contribution < -0.4 is 0 Å². The second-order valence-corrected chi connectivity index (χ2v) is 5.24. The fourth-order valence-corrected chi connectivity index (χ4v) is 2.74. The molecule has 0 bridgehead atoms. The van der Waals surface area contributed by atoms with Crippen LogP contribution in [-0.2, 0) is 0 Å². The minimum Gasteiger partial charge on any atom is -0.460 e. The highest BCUT2D eigenvalue weighted by Crippen LogP contribution is 2.26. The minimum atomic E-state index is -0.0995. The number of carbonyl (C=O) groups excluding carboxylic acids is 1. The zero-order valence-electron chi connectivity index (χ0n) is 6.79. The molecule has 2 heterocycles. The van der Waals surface area contributed by atoms with Crippen LogP contribution in [0.25, 0.3) is 0 Å². The van der Waals surface area contributed by atoms with Crippen LogP contribution in [0.2, 0.25) is 0 Å². The minimum absolute atomic E-state index is 0.0995. The molecule has 0 amide bonds. The molecule has 0 spiro atoms. The van der Waals surface area contributed by atoms with Gasteiger partial charge in [-0.1, -0.05) is 0 Å². The maximum absolute atomic E-state index is 11.8. The van der Waals surface area contributed by atoms with E-state index < -0.39 is 0 Å². The van der Waals surface area contributed by atoms with E-state index in [9.17, 15) is 4.79 Å². The number of ketones is 1. The quantitative estimate of drug-likeness (QED) is 0.773. The van der Waals surface area contributed by atoms with Crippen LogP contribution in [-0.4, -0.2) is 5.78 Å². The van der Waals surface area contributed by atoms with Crippen LogP contribution in [0.3, 0.4) is 0 Å². The summed E-state index contributed by atoms with van der Waals surface area (Å²) in [4.78, 5) is 12.5. The summed E-state index contributed by atoms with van der Waals surface area (Å²) in [7, 11) is 0. The first kappa shape index (κ1) is 10.1. The Bertz CT molecular complexity index is 473. The molecule has 0 atom stereocenters. The van der Waals surface area contributed by atoms with E-state index in [-0.39, 0.29) is 5.78 Å². The number of hydrogen-bond donors (Lipinski definition) is 0. The molecule has 0 aliphatic rings. The van der Waals surface area contributed by atoms with Gasteiger partial charge in [-0.15, -0.1) is 11.3 Å². The molecule has 0 aromatic carbocycles. The van der Waals surface area contributed by atoms with E-state index in [0.29, 0.717) is 15.1 Å². The zero-order chi connectivity index (χ0) is 10.1. The van der Waals surface area contributed by atoms with Gasteiger partial charge in [-0.2, -0.15) is 0 Å². The van der Waals surface area contributed by atoms with Gasteiger partial charge in [0, 0.05) is 9.85 Å². The first-order valence-electron chi connectivity index (χ1n) is 3.70. The standard InChI is InChI=1S/C9H4Br2O2S/c10-5-3-7(14-4-5)8(12)9-6(11)1-2-13-9/h1-4H. The molecule has 2 aromatic rings. The van der Waals surface area contributed by atoms with Crippen LogP contribution in [0, 0.1) is 0 Å². The smallest absolute Gasteiger partial charge is 0.239 e. The van der Waals surface area contributed by atoms with Gasteiger partial charge in [0.1, 0.15) is 0 Å². The van der Waals surface area contributed by atoms with Crippen molar-refractivity contribution in [3.8, 4) is 0 Å². The summed E-state index contributed by atoms with van der Waals surface area (Å²) < 4.78 is 6.68. The molecule has 0 fully saturated rings. The SMILES string of the molecule is O=C(c1cc(Br)cs1)c1occc1Br. The van der Waals surface area contributed by atoms with E-state index in [4.69, 9.17) is 4.42 Å². The average molecular weight is 336 g/mol. The third kappa shape index (κ3) is 1.85. The van der Waals surface area contributed by atoms with E-state index in [1.807, 2.05) is 5.38 Å². The Morgan fingerprint density at radius 3 is 2.71 bits per heavy atom. The van der Waals surface area contributed by atoms with E-state index in [1.54, 1.807) is 12.1 Å². The lowest BCUT2D eigenvalue weighted by Crippen LogP contribution is -1.96. The van der Waals surface area contributed by atoms with Crippen molar-refractivity contribution < 1.29 is 9.21 Å². The normalized spacial score (nSPS) is 10.4. The van der Waals surface area contributed by atoms with Crippen molar-refractivity contribution in [1.82, 2.24) is 0 Å². The molecular weight excluding hydrogens is 332 g/mol. The average Bonchev–Trinajstić information content (AvgIpc) is 2.73. The number of carbonyl (C=O) groups is 1. The number of hydrogen-bond acceptors (Lipinski definition) is 3. The molecule has 2 nitrogen and oxygen atoms in total. The van der Waals surface area contributed by atoms with Crippen molar-refractivity contribution in [2.24, 2.45) is 0 Å². The van der Waals surface area contributed by atoms with Crippen molar-refractivity contribution in [3.63, 3.8) is 0 Å². The lowest BCUT2D eigenvalue weighted by atomic mass is 10.2. The zero-order valence-corrected chi connectivity index (χ0v) is 10.8. The van der Waals surface area contributed by atoms with Gasteiger partial charge in [0.15, 0.2) is 5.76 Å². The lowest BCUT2D eigenvalue weighted by Gasteiger charge is -1.92. The van der Waals surface area contributed by atoms with Crippen molar-refractivity contribution >= 4 is 49.0 Å². The lowest BCUT2D eigenvalue weighted by molar-refractivity contribution is 0.101. The van der Waals surface area contributed by atoms with Crippen LogP contribution >= 0.6 is 43.2 Å². The maximum atomic E-state index is 11.8. The molecular formula is C9H4Br2O2S. The van der Waals surface area contributed by atoms with Gasteiger partial charge < -0.3 is 4.42 Å². The predicted octanol–water partition coefficient (Wildman–Crippen LogP) is 4.10. The van der Waals surface area contributed by atoms with Gasteiger partial charge in [-0.25, -0.2) is 0 Å². The molecule has 0 unspecified atom stereocenters. The fraction of sp³-hybridized carbons (Fsp3) is 0. The van der Waals surface area contributed by atoms with E-state index in [0.717, 1.165) is 4.47 Å². The van der Waals surface area contributed by atoms with Gasteiger partial charge in [0.25, 0.3) is 0 Å². The largest absolute Gasteiger partial charge is 0.460 e. The van der Waals surface area contributed by atoms with Gasteiger partial charge in [-0.05, 0) is 44.0 Å². The fourth-order valence-electron chi connectivity index (χ4n) is 1.000. The highest BCUT2D eigenvalue weighted by atomic mass is 79.9. The molecule has 72 valence electrons. The topological polar surface area (TPSA) is 30.2 Å². The molecule has 0 aliphatic carbocycles. The number of furan rings is 1. The van der Waals surface area contributed by atoms with E-state index >= 15 is 0 Å². The summed E-state index contributed by atoms with van der Waals surface area (Å²) in [6.07, 6.45) is 1.49. The Hall–Kier alpha value is -0.390. The monoisotopic (exact) mass is 334 g/mol. The van der Waals surface area contributed by atoms with E-state index in [2.05, 4.69) is 31.9 Å². The van der Waals surface area contributed by atoms with Gasteiger partial charge in [0.05, 0.1) is 15.6 Å². The summed E-state index contributed by atoms with van der Waals surface area (Å²) >= 11 is 7.93. The second-order valence-electron chi connectivity index (χ2n) is 2.56. The molecule has 14 heavy (non-hydrogen) atoms. The van der Waals surface area contributed by atoms with Crippen LogP contribution in [0.1, 0.15) is 15.4 Å². The molecule has 0 radical (unpaired) electrons. The molecule has 2 rings (SSSR count). The van der Waals surface area contributed by atoms with Crippen molar-refractivity contribution in [1.29, 1.82) is 0 Å². The third-order valence-corrected chi connectivity index (χ3v) is 3.93. The Balaban J connectivity index is 2.38. The summed E-state index contributed by atoms with van der Waals surface area (Å²) in [5.41, 5.74) is 0. The highest BCUT2D eigenvalue weighted by Gasteiger charge is 2.17. The third-order valence-electron chi connectivity index (χ3n) is 1.61. The summed E-state index contributed by atoms with van der Waals surface area (Å²) in [5.74, 6) is 0.247. The predicted molar refractivity (Wildman–Crippen MR) is 61.9 cm³/mol.